The van der Waals surface area contributed by atoms with Gasteiger partial charge in [-0.3, -0.25) is 9.69 Å². The summed E-state index contributed by atoms with van der Waals surface area (Å²) in [6.45, 7) is 8.79. The first kappa shape index (κ1) is 24.5. The van der Waals surface area contributed by atoms with Crippen LogP contribution in [0.3, 0.4) is 0 Å². The molecule has 1 atom stereocenters. The number of rotatable bonds is 9. The van der Waals surface area contributed by atoms with Gasteiger partial charge in [0.2, 0.25) is 0 Å². The molecule has 1 aliphatic heterocycles. The summed E-state index contributed by atoms with van der Waals surface area (Å²) in [5, 5.41) is 13.6. The van der Waals surface area contributed by atoms with Gasteiger partial charge in [0.1, 0.15) is 12.9 Å². The molecule has 1 saturated heterocycles. The molecular formula is C28H32N4O3. The summed E-state index contributed by atoms with van der Waals surface area (Å²) >= 11 is 0. The molecule has 7 nitrogen and oxygen atoms in total. The summed E-state index contributed by atoms with van der Waals surface area (Å²) < 4.78 is 0. The summed E-state index contributed by atoms with van der Waals surface area (Å²) in [5.74, 6) is -0.944. The van der Waals surface area contributed by atoms with Gasteiger partial charge in [0, 0.05) is 31.0 Å². The van der Waals surface area contributed by atoms with E-state index in [1.54, 1.807) is 0 Å². The highest BCUT2D eigenvalue weighted by Gasteiger charge is 2.28. The fourth-order valence-electron chi connectivity index (χ4n) is 4.59. The van der Waals surface area contributed by atoms with Crippen molar-refractivity contribution in [2.75, 3.05) is 13.1 Å². The Labute approximate surface area is 206 Å². The lowest BCUT2D eigenvalue weighted by Crippen LogP contribution is -2.23. The molecule has 182 valence electrons. The second-order valence-corrected chi connectivity index (χ2v) is 9.12. The number of aromatic nitrogens is 2. The number of benzene rings is 2. The number of aliphatic carboxylic acids is 1. The normalized spacial score (nSPS) is 16.4. The van der Waals surface area contributed by atoms with Gasteiger partial charge in [0.15, 0.2) is 0 Å². The average molecular weight is 473 g/mol. The molecule has 1 aliphatic rings. The predicted octanol–water partition coefficient (Wildman–Crippen LogP) is 4.86. The van der Waals surface area contributed by atoms with E-state index < -0.39 is 5.97 Å². The van der Waals surface area contributed by atoms with E-state index in [-0.39, 0.29) is 5.92 Å². The van der Waals surface area contributed by atoms with Gasteiger partial charge >= 0.3 is 5.97 Å². The molecule has 3 aromatic rings. The largest absolute Gasteiger partial charge is 0.481 e. The molecule has 1 unspecified atom stereocenters. The second kappa shape index (κ2) is 11.2. The number of carbonyl (C=O) groups is 1. The van der Waals surface area contributed by atoms with Crippen LogP contribution in [0.2, 0.25) is 0 Å². The standard InChI is InChI=1S/C28H32N4O3/c1-4-22-12-23(6-7-24(22)15-32-10-9-25(16-32)28(33)34)20(3)31-35-17-21-5-8-27(19(2)11-21)26-13-29-18-30-14-26/h5-8,11-14,18,25H,4,9-10,15-17H2,1-3H3,(H,33,34). The van der Waals surface area contributed by atoms with Crippen molar-refractivity contribution in [1.82, 2.24) is 14.9 Å². The van der Waals surface area contributed by atoms with Gasteiger partial charge < -0.3 is 9.94 Å². The number of carboxylic acids is 1. The lowest BCUT2D eigenvalue weighted by Gasteiger charge is -2.18. The van der Waals surface area contributed by atoms with Gasteiger partial charge in [-0.05, 0) is 72.7 Å². The molecule has 2 heterocycles. The van der Waals surface area contributed by atoms with Crippen molar-refractivity contribution < 1.29 is 14.7 Å². The zero-order chi connectivity index (χ0) is 24.8. The van der Waals surface area contributed by atoms with Gasteiger partial charge in [-0.1, -0.05) is 42.4 Å². The topological polar surface area (TPSA) is 87.9 Å². The van der Waals surface area contributed by atoms with Gasteiger partial charge in [0.25, 0.3) is 0 Å². The van der Waals surface area contributed by atoms with Crippen LogP contribution in [0.4, 0.5) is 0 Å². The number of oxime groups is 1. The first-order chi connectivity index (χ1) is 16.9. The minimum atomic E-state index is -0.692. The van der Waals surface area contributed by atoms with E-state index in [4.69, 9.17) is 4.84 Å². The van der Waals surface area contributed by atoms with Crippen LogP contribution >= 0.6 is 0 Å². The Morgan fingerprint density at radius 2 is 1.97 bits per heavy atom. The number of hydrogen-bond acceptors (Lipinski definition) is 6. The van der Waals surface area contributed by atoms with Crippen LogP contribution in [0.15, 0.2) is 60.3 Å². The lowest BCUT2D eigenvalue weighted by molar-refractivity contribution is -0.141. The molecule has 0 spiro atoms. The number of nitrogens with zero attached hydrogens (tertiary/aromatic N) is 4. The molecule has 1 N–H and O–H groups in total. The molecule has 0 radical (unpaired) electrons. The quantitative estimate of drug-likeness (QED) is 0.353. The van der Waals surface area contributed by atoms with Gasteiger partial charge in [-0.25, -0.2) is 9.97 Å². The zero-order valence-electron chi connectivity index (χ0n) is 20.6. The molecule has 35 heavy (non-hydrogen) atoms. The Bertz CT molecular complexity index is 1210. The van der Waals surface area contributed by atoms with Crippen molar-refractivity contribution >= 4 is 11.7 Å². The van der Waals surface area contributed by atoms with Gasteiger partial charge in [-0.15, -0.1) is 0 Å². The maximum absolute atomic E-state index is 11.3. The van der Waals surface area contributed by atoms with Crippen LogP contribution in [0.5, 0.6) is 0 Å². The summed E-state index contributed by atoms with van der Waals surface area (Å²) in [7, 11) is 0. The molecule has 0 amide bonds. The number of hydrogen-bond donors (Lipinski definition) is 1. The van der Waals surface area contributed by atoms with Crippen LogP contribution in [0.25, 0.3) is 11.1 Å². The average Bonchev–Trinajstić information content (AvgIpc) is 3.34. The van der Waals surface area contributed by atoms with Crippen molar-refractivity contribution in [2.45, 2.75) is 46.8 Å². The van der Waals surface area contributed by atoms with Crippen LogP contribution in [-0.2, 0) is 29.2 Å². The van der Waals surface area contributed by atoms with Crippen LogP contribution in [0, 0.1) is 12.8 Å². The molecule has 1 aromatic heterocycles. The molecule has 4 rings (SSSR count). The van der Waals surface area contributed by atoms with Crippen molar-refractivity contribution in [1.29, 1.82) is 0 Å². The Morgan fingerprint density at radius 1 is 1.17 bits per heavy atom. The van der Waals surface area contributed by atoms with E-state index in [0.717, 1.165) is 59.5 Å². The Balaban J connectivity index is 1.38. The molecule has 2 aromatic carbocycles. The fourth-order valence-corrected chi connectivity index (χ4v) is 4.59. The maximum atomic E-state index is 11.3. The van der Waals surface area contributed by atoms with Crippen LogP contribution in [-0.4, -0.2) is 44.7 Å². The van der Waals surface area contributed by atoms with Crippen molar-refractivity contribution in [3.63, 3.8) is 0 Å². The molecule has 0 aliphatic carbocycles. The van der Waals surface area contributed by atoms with Gasteiger partial charge in [-0.2, -0.15) is 0 Å². The van der Waals surface area contributed by atoms with E-state index in [1.807, 2.05) is 25.4 Å². The Kier molecular flexibility index (Phi) is 7.87. The highest BCUT2D eigenvalue weighted by atomic mass is 16.6. The van der Waals surface area contributed by atoms with Crippen LogP contribution in [0.1, 0.15) is 48.1 Å². The molecule has 1 fully saturated rings. The summed E-state index contributed by atoms with van der Waals surface area (Å²) in [6, 6.07) is 12.6. The van der Waals surface area contributed by atoms with E-state index in [2.05, 4.69) is 64.2 Å². The first-order valence-corrected chi connectivity index (χ1v) is 12.0. The minimum Gasteiger partial charge on any atom is -0.481 e. The van der Waals surface area contributed by atoms with E-state index >= 15 is 0 Å². The highest BCUT2D eigenvalue weighted by Crippen LogP contribution is 2.24. The number of aryl methyl sites for hydroxylation is 2. The molecular weight excluding hydrogens is 440 g/mol. The minimum absolute atomic E-state index is 0.252. The predicted molar refractivity (Wildman–Crippen MR) is 136 cm³/mol. The SMILES string of the molecule is CCc1cc(C(C)=NOCc2ccc(-c3cncnc3)c(C)c2)ccc1CN1CCC(C(=O)O)C1. The molecule has 0 bridgehead atoms. The van der Waals surface area contributed by atoms with Crippen molar-refractivity contribution in [3.8, 4) is 11.1 Å². The van der Waals surface area contributed by atoms with Crippen molar-refractivity contribution in [3.05, 3.63) is 82.9 Å². The maximum Gasteiger partial charge on any atom is 0.307 e. The number of likely N-dealkylation sites (tertiary alicyclic amines) is 1. The summed E-state index contributed by atoms with van der Waals surface area (Å²) in [5.41, 5.74) is 8.65. The van der Waals surface area contributed by atoms with E-state index in [9.17, 15) is 9.90 Å². The highest BCUT2D eigenvalue weighted by molar-refractivity contribution is 5.98. The lowest BCUT2D eigenvalue weighted by atomic mass is 9.99. The third-order valence-corrected chi connectivity index (χ3v) is 6.62. The Hall–Kier alpha value is -3.58. The summed E-state index contributed by atoms with van der Waals surface area (Å²) in [6.07, 6.45) is 6.79. The van der Waals surface area contributed by atoms with Crippen LogP contribution < -0.4 is 0 Å². The third kappa shape index (κ3) is 6.11. The van der Waals surface area contributed by atoms with Gasteiger partial charge in [0.05, 0.1) is 11.6 Å². The third-order valence-electron chi connectivity index (χ3n) is 6.62. The fraction of sp³-hybridized carbons (Fsp3) is 0.357. The number of carboxylic acid groups (broad SMARTS) is 1. The first-order valence-electron chi connectivity index (χ1n) is 12.0. The second-order valence-electron chi connectivity index (χ2n) is 9.12. The smallest absolute Gasteiger partial charge is 0.307 e. The monoisotopic (exact) mass is 472 g/mol. The molecule has 0 saturated carbocycles. The van der Waals surface area contributed by atoms with E-state index in [1.165, 1.54) is 17.5 Å². The Morgan fingerprint density at radius 3 is 2.66 bits per heavy atom. The summed E-state index contributed by atoms with van der Waals surface area (Å²) in [4.78, 5) is 27.4. The molecule has 7 heteroatoms. The van der Waals surface area contributed by atoms with Crippen molar-refractivity contribution in [2.24, 2.45) is 11.1 Å². The van der Waals surface area contributed by atoms with E-state index in [0.29, 0.717) is 13.2 Å². The zero-order valence-corrected chi connectivity index (χ0v) is 20.6.